The Morgan fingerprint density at radius 1 is 1.42 bits per heavy atom. The molecule has 1 aromatic carbocycles. The molecule has 0 amide bonds. The highest BCUT2D eigenvalue weighted by Crippen LogP contribution is 2.20. The summed E-state index contributed by atoms with van der Waals surface area (Å²) in [4.78, 5) is 0. The van der Waals surface area contributed by atoms with Crippen molar-refractivity contribution in [3.63, 3.8) is 0 Å². The number of hydrogen-bond donors (Lipinski definition) is 0. The van der Waals surface area contributed by atoms with Gasteiger partial charge >= 0.3 is 0 Å². The van der Waals surface area contributed by atoms with Crippen molar-refractivity contribution in [2.24, 2.45) is 0 Å². The van der Waals surface area contributed by atoms with E-state index in [9.17, 15) is 4.39 Å². The molecule has 1 aromatic rings. The first-order valence-corrected chi connectivity index (χ1v) is 4.29. The minimum atomic E-state index is -0.449. The number of halogens is 3. The third-order valence-electron chi connectivity index (χ3n) is 1.24. The molecule has 12 heavy (non-hydrogen) atoms. The third kappa shape index (κ3) is 2.54. The van der Waals surface area contributed by atoms with Crippen molar-refractivity contribution in [3.8, 4) is 5.75 Å². The molecule has 0 aromatic heterocycles. The van der Waals surface area contributed by atoms with Crippen LogP contribution in [0.5, 0.6) is 5.75 Å². The standard InChI is InChI=1S/C8H7Cl2FO/c9-3-4-12-6-1-2-8(11)7(10)5-6/h1-2,5H,3-4H2. The summed E-state index contributed by atoms with van der Waals surface area (Å²) in [5.74, 6) is 0.478. The lowest BCUT2D eigenvalue weighted by Crippen LogP contribution is -1.97. The van der Waals surface area contributed by atoms with Gasteiger partial charge in [0.15, 0.2) is 0 Å². The van der Waals surface area contributed by atoms with Crippen molar-refractivity contribution in [1.29, 1.82) is 0 Å². The molecule has 0 saturated carbocycles. The SMILES string of the molecule is Fc1ccc(OCCCl)cc1Cl. The number of ether oxygens (including phenoxy) is 1. The van der Waals surface area contributed by atoms with E-state index >= 15 is 0 Å². The Balaban J connectivity index is 2.69. The Labute approximate surface area is 80.0 Å². The quantitative estimate of drug-likeness (QED) is 0.695. The molecule has 0 fully saturated rings. The van der Waals surface area contributed by atoms with Crippen LogP contribution in [0.1, 0.15) is 0 Å². The van der Waals surface area contributed by atoms with E-state index in [-0.39, 0.29) is 5.02 Å². The summed E-state index contributed by atoms with van der Waals surface area (Å²) in [5.41, 5.74) is 0. The van der Waals surface area contributed by atoms with Gasteiger partial charge in [0.1, 0.15) is 18.2 Å². The second-order valence-corrected chi connectivity index (χ2v) is 2.90. The molecule has 0 unspecified atom stereocenters. The summed E-state index contributed by atoms with van der Waals surface area (Å²) in [5, 5.41) is 0.0575. The highest BCUT2D eigenvalue weighted by molar-refractivity contribution is 6.30. The molecule has 66 valence electrons. The van der Waals surface area contributed by atoms with Crippen LogP contribution in [0.25, 0.3) is 0 Å². The zero-order valence-electron chi connectivity index (χ0n) is 6.19. The number of benzene rings is 1. The largest absolute Gasteiger partial charge is 0.492 e. The zero-order valence-corrected chi connectivity index (χ0v) is 7.70. The van der Waals surface area contributed by atoms with Gasteiger partial charge in [-0.3, -0.25) is 0 Å². The van der Waals surface area contributed by atoms with Crippen LogP contribution in [0, 0.1) is 5.82 Å². The molecule has 1 nitrogen and oxygen atoms in total. The molecule has 0 heterocycles. The first-order chi connectivity index (χ1) is 5.74. The van der Waals surface area contributed by atoms with E-state index in [1.165, 1.54) is 18.2 Å². The number of rotatable bonds is 3. The van der Waals surface area contributed by atoms with Crippen LogP contribution in [0.15, 0.2) is 18.2 Å². The molecule has 0 aliphatic rings. The van der Waals surface area contributed by atoms with Crippen LogP contribution in [-0.4, -0.2) is 12.5 Å². The van der Waals surface area contributed by atoms with E-state index in [0.717, 1.165) is 0 Å². The summed E-state index contributed by atoms with van der Waals surface area (Å²) < 4.78 is 17.7. The average Bonchev–Trinajstić information content (AvgIpc) is 2.07. The topological polar surface area (TPSA) is 9.23 Å². The Hall–Kier alpha value is -0.470. The van der Waals surface area contributed by atoms with Crippen LogP contribution in [0.3, 0.4) is 0 Å². The predicted octanol–water partition coefficient (Wildman–Crippen LogP) is 3.10. The normalized spacial score (nSPS) is 9.92. The Morgan fingerprint density at radius 2 is 2.17 bits per heavy atom. The van der Waals surface area contributed by atoms with Crippen LogP contribution < -0.4 is 4.74 Å². The molecule has 0 aliphatic carbocycles. The van der Waals surface area contributed by atoms with Crippen molar-refractivity contribution in [2.45, 2.75) is 0 Å². The second-order valence-electron chi connectivity index (χ2n) is 2.11. The first-order valence-electron chi connectivity index (χ1n) is 3.38. The van der Waals surface area contributed by atoms with E-state index in [1.54, 1.807) is 0 Å². The van der Waals surface area contributed by atoms with E-state index < -0.39 is 5.82 Å². The van der Waals surface area contributed by atoms with Gasteiger partial charge in [0.25, 0.3) is 0 Å². The maximum atomic E-state index is 12.6. The molecular weight excluding hydrogens is 202 g/mol. The highest BCUT2D eigenvalue weighted by Gasteiger charge is 2.00. The lowest BCUT2D eigenvalue weighted by atomic mass is 10.3. The number of hydrogen-bond acceptors (Lipinski definition) is 1. The fraction of sp³-hybridized carbons (Fsp3) is 0.250. The highest BCUT2D eigenvalue weighted by atomic mass is 35.5. The van der Waals surface area contributed by atoms with Crippen molar-refractivity contribution < 1.29 is 9.13 Å². The van der Waals surface area contributed by atoms with Gasteiger partial charge in [-0.15, -0.1) is 11.6 Å². The molecule has 4 heteroatoms. The molecule has 1 rings (SSSR count). The molecular formula is C8H7Cl2FO. The van der Waals surface area contributed by atoms with Gasteiger partial charge in [-0.2, -0.15) is 0 Å². The minimum Gasteiger partial charge on any atom is -0.492 e. The molecule has 0 atom stereocenters. The van der Waals surface area contributed by atoms with Gasteiger partial charge in [0.2, 0.25) is 0 Å². The van der Waals surface area contributed by atoms with Crippen molar-refractivity contribution >= 4 is 23.2 Å². The Bertz CT molecular complexity index is 265. The fourth-order valence-electron chi connectivity index (χ4n) is 0.723. The average molecular weight is 209 g/mol. The van der Waals surface area contributed by atoms with Gasteiger partial charge in [0, 0.05) is 6.07 Å². The summed E-state index contributed by atoms with van der Waals surface area (Å²) in [6, 6.07) is 4.18. The van der Waals surface area contributed by atoms with Crippen molar-refractivity contribution in [2.75, 3.05) is 12.5 Å². The zero-order chi connectivity index (χ0) is 8.97. The maximum Gasteiger partial charge on any atom is 0.142 e. The smallest absolute Gasteiger partial charge is 0.142 e. The molecule has 0 N–H and O–H groups in total. The van der Waals surface area contributed by atoms with Gasteiger partial charge in [-0.25, -0.2) is 4.39 Å². The third-order valence-corrected chi connectivity index (χ3v) is 1.68. The van der Waals surface area contributed by atoms with E-state index in [0.29, 0.717) is 18.2 Å². The Kier molecular flexibility index (Phi) is 3.63. The molecule has 0 aliphatic heterocycles. The first kappa shape index (κ1) is 9.62. The van der Waals surface area contributed by atoms with Crippen LogP contribution in [0.2, 0.25) is 5.02 Å². The van der Waals surface area contributed by atoms with Crippen LogP contribution in [-0.2, 0) is 0 Å². The fourth-order valence-corrected chi connectivity index (χ4v) is 0.971. The summed E-state index contributed by atoms with van der Waals surface area (Å²) >= 11 is 10.9. The summed E-state index contributed by atoms with van der Waals surface area (Å²) in [6.45, 7) is 0.392. The van der Waals surface area contributed by atoms with Crippen LogP contribution in [0.4, 0.5) is 4.39 Å². The molecule has 0 saturated heterocycles. The second kappa shape index (κ2) is 4.53. The number of alkyl halides is 1. The summed E-state index contributed by atoms with van der Waals surface area (Å²) in [6.07, 6.45) is 0. The van der Waals surface area contributed by atoms with Gasteiger partial charge in [0.05, 0.1) is 10.9 Å². The lowest BCUT2D eigenvalue weighted by molar-refractivity contribution is 0.342. The van der Waals surface area contributed by atoms with Crippen molar-refractivity contribution in [3.05, 3.63) is 29.0 Å². The minimum absolute atomic E-state index is 0.0575. The van der Waals surface area contributed by atoms with Crippen molar-refractivity contribution in [1.82, 2.24) is 0 Å². The predicted molar refractivity (Wildman–Crippen MR) is 47.6 cm³/mol. The van der Waals surface area contributed by atoms with E-state index in [2.05, 4.69) is 0 Å². The molecule has 0 spiro atoms. The van der Waals surface area contributed by atoms with Crippen LogP contribution >= 0.6 is 23.2 Å². The summed E-state index contributed by atoms with van der Waals surface area (Å²) in [7, 11) is 0. The van der Waals surface area contributed by atoms with Gasteiger partial charge in [-0.05, 0) is 12.1 Å². The lowest BCUT2D eigenvalue weighted by Gasteiger charge is -2.03. The molecule has 0 bridgehead atoms. The van der Waals surface area contributed by atoms with Gasteiger partial charge in [-0.1, -0.05) is 11.6 Å². The molecule has 0 radical (unpaired) electrons. The van der Waals surface area contributed by atoms with Gasteiger partial charge < -0.3 is 4.74 Å². The maximum absolute atomic E-state index is 12.6. The monoisotopic (exact) mass is 208 g/mol. The van der Waals surface area contributed by atoms with E-state index in [1.807, 2.05) is 0 Å². The van der Waals surface area contributed by atoms with E-state index in [4.69, 9.17) is 27.9 Å². The Morgan fingerprint density at radius 3 is 2.75 bits per heavy atom.